The average molecular weight is 402 g/mol. The first-order valence-corrected chi connectivity index (χ1v) is 8.05. The van der Waals surface area contributed by atoms with Crippen molar-refractivity contribution in [1.29, 1.82) is 0 Å². The Morgan fingerprint density at radius 3 is 2.55 bits per heavy atom. The molecule has 0 amide bonds. The number of rotatable bonds is 4. The van der Waals surface area contributed by atoms with Crippen LogP contribution in [0.5, 0.6) is 5.75 Å². The lowest BCUT2D eigenvalue weighted by Crippen LogP contribution is -1.97. The van der Waals surface area contributed by atoms with Crippen molar-refractivity contribution in [2.24, 2.45) is 0 Å². The third-order valence-corrected chi connectivity index (χ3v) is 4.62. The molecular weight excluding hydrogens is 387 g/mol. The first-order valence-electron chi connectivity index (χ1n) is 6.34. The van der Waals surface area contributed by atoms with E-state index in [1.54, 1.807) is 6.07 Å². The molecule has 4 heteroatoms. The summed E-state index contributed by atoms with van der Waals surface area (Å²) in [6.07, 6.45) is 0. The molecule has 0 radical (unpaired) electrons. The van der Waals surface area contributed by atoms with Gasteiger partial charge in [0.15, 0.2) is 0 Å². The summed E-state index contributed by atoms with van der Waals surface area (Å²) in [6.45, 7) is 4.47. The molecule has 1 nitrogen and oxygen atoms in total. The highest BCUT2D eigenvalue weighted by Gasteiger charge is 2.15. The molecule has 0 bridgehead atoms. The monoisotopic (exact) mass is 400 g/mol. The van der Waals surface area contributed by atoms with Crippen molar-refractivity contribution >= 4 is 31.9 Å². The number of halogens is 3. The highest BCUT2D eigenvalue weighted by Crippen LogP contribution is 2.37. The minimum atomic E-state index is -0.216. The average Bonchev–Trinajstić information content (AvgIpc) is 2.37. The van der Waals surface area contributed by atoms with Gasteiger partial charge in [0.2, 0.25) is 0 Å². The maximum absolute atomic E-state index is 13.5. The molecule has 2 rings (SSSR count). The molecule has 2 aromatic rings. The van der Waals surface area contributed by atoms with Crippen LogP contribution >= 0.6 is 31.9 Å². The van der Waals surface area contributed by atoms with Gasteiger partial charge in [-0.15, -0.1) is 0 Å². The number of aryl methyl sites for hydroxylation is 1. The molecule has 0 saturated carbocycles. The maximum atomic E-state index is 13.5. The minimum Gasteiger partial charge on any atom is -0.494 e. The summed E-state index contributed by atoms with van der Waals surface area (Å²) in [5, 5.41) is 0. The molecular formula is C16H15Br2FO. The van der Waals surface area contributed by atoms with Crippen molar-refractivity contribution in [1.82, 2.24) is 0 Å². The molecule has 20 heavy (non-hydrogen) atoms. The highest BCUT2D eigenvalue weighted by atomic mass is 79.9. The van der Waals surface area contributed by atoms with Crippen LogP contribution in [0, 0.1) is 12.7 Å². The molecule has 2 aromatic carbocycles. The van der Waals surface area contributed by atoms with Gasteiger partial charge in [0.05, 0.1) is 11.4 Å². The summed E-state index contributed by atoms with van der Waals surface area (Å²) >= 11 is 7.19. The van der Waals surface area contributed by atoms with E-state index in [1.807, 2.05) is 38.1 Å². The number of hydrogen-bond acceptors (Lipinski definition) is 1. The van der Waals surface area contributed by atoms with Crippen molar-refractivity contribution < 1.29 is 9.13 Å². The zero-order valence-electron chi connectivity index (χ0n) is 11.3. The topological polar surface area (TPSA) is 9.23 Å². The Morgan fingerprint density at radius 2 is 1.95 bits per heavy atom. The summed E-state index contributed by atoms with van der Waals surface area (Å²) in [7, 11) is 0. The minimum absolute atomic E-state index is 0.0676. The smallest absolute Gasteiger partial charge is 0.123 e. The summed E-state index contributed by atoms with van der Waals surface area (Å²) in [5.41, 5.74) is 2.84. The third-order valence-electron chi connectivity index (χ3n) is 2.91. The second-order valence-corrected chi connectivity index (χ2v) is 6.31. The number of hydrogen-bond donors (Lipinski definition) is 0. The van der Waals surface area contributed by atoms with Gasteiger partial charge >= 0.3 is 0 Å². The predicted octanol–water partition coefficient (Wildman–Crippen LogP) is 5.78. The van der Waals surface area contributed by atoms with Crippen LogP contribution in [0.15, 0.2) is 40.9 Å². The number of alkyl halides is 1. The van der Waals surface area contributed by atoms with Gasteiger partial charge in [-0.05, 0) is 54.8 Å². The number of benzene rings is 2. The van der Waals surface area contributed by atoms with Gasteiger partial charge in [0.25, 0.3) is 0 Å². The first-order chi connectivity index (χ1) is 9.51. The first kappa shape index (κ1) is 15.5. The Balaban J connectivity index is 2.35. The van der Waals surface area contributed by atoms with Crippen LogP contribution in [0.3, 0.4) is 0 Å². The second kappa shape index (κ2) is 6.72. The molecule has 1 unspecified atom stereocenters. The van der Waals surface area contributed by atoms with Crippen LogP contribution in [0.1, 0.15) is 28.4 Å². The molecule has 0 heterocycles. The lowest BCUT2D eigenvalue weighted by atomic mass is 10.0. The van der Waals surface area contributed by atoms with Crippen molar-refractivity contribution in [3.63, 3.8) is 0 Å². The van der Waals surface area contributed by atoms with Crippen LogP contribution in [-0.4, -0.2) is 6.61 Å². The molecule has 0 N–H and O–H groups in total. The van der Waals surface area contributed by atoms with Crippen molar-refractivity contribution in [2.45, 2.75) is 18.7 Å². The normalized spacial score (nSPS) is 12.2. The fourth-order valence-electron chi connectivity index (χ4n) is 2.06. The fourth-order valence-corrected chi connectivity index (χ4v) is 3.62. The van der Waals surface area contributed by atoms with E-state index in [1.165, 1.54) is 6.07 Å². The van der Waals surface area contributed by atoms with E-state index >= 15 is 0 Å². The van der Waals surface area contributed by atoms with Crippen LogP contribution in [0.25, 0.3) is 0 Å². The van der Waals surface area contributed by atoms with E-state index in [4.69, 9.17) is 4.74 Å². The zero-order chi connectivity index (χ0) is 14.7. The van der Waals surface area contributed by atoms with Gasteiger partial charge in [0.1, 0.15) is 11.6 Å². The molecule has 0 aliphatic heterocycles. The van der Waals surface area contributed by atoms with E-state index in [2.05, 4.69) is 31.9 Å². The molecule has 0 aliphatic rings. The Hall–Kier alpha value is -0.870. The van der Waals surface area contributed by atoms with E-state index < -0.39 is 0 Å². The Kier molecular flexibility index (Phi) is 5.22. The molecule has 106 valence electrons. The van der Waals surface area contributed by atoms with Crippen LogP contribution in [-0.2, 0) is 0 Å². The highest BCUT2D eigenvalue weighted by molar-refractivity contribution is 9.11. The van der Waals surface area contributed by atoms with Crippen LogP contribution in [0.4, 0.5) is 4.39 Å². The molecule has 0 spiro atoms. The summed E-state index contributed by atoms with van der Waals surface area (Å²) < 4.78 is 19.9. The summed E-state index contributed by atoms with van der Waals surface area (Å²) in [5.74, 6) is 0.602. The third kappa shape index (κ3) is 3.61. The largest absolute Gasteiger partial charge is 0.494 e. The van der Waals surface area contributed by atoms with Crippen molar-refractivity contribution in [3.8, 4) is 5.75 Å². The standard InChI is InChI=1S/C16H15Br2FO/c1-3-20-13-4-5-14(15(17)9-13)16(18)11-6-10(2)7-12(19)8-11/h4-9,16H,3H2,1-2H3. The van der Waals surface area contributed by atoms with Gasteiger partial charge < -0.3 is 4.74 Å². The van der Waals surface area contributed by atoms with Gasteiger partial charge in [-0.2, -0.15) is 0 Å². The second-order valence-electron chi connectivity index (χ2n) is 4.54. The van der Waals surface area contributed by atoms with Crippen molar-refractivity contribution in [2.75, 3.05) is 6.61 Å². The van der Waals surface area contributed by atoms with Gasteiger partial charge in [-0.3, -0.25) is 0 Å². The van der Waals surface area contributed by atoms with E-state index in [0.717, 1.165) is 26.9 Å². The molecule has 1 atom stereocenters. The predicted molar refractivity (Wildman–Crippen MR) is 87.2 cm³/mol. The quantitative estimate of drug-likeness (QED) is 0.590. The Labute approximate surface area is 135 Å². The Morgan fingerprint density at radius 1 is 1.20 bits per heavy atom. The SMILES string of the molecule is CCOc1ccc(C(Br)c2cc(C)cc(F)c2)c(Br)c1. The van der Waals surface area contributed by atoms with Gasteiger partial charge in [-0.1, -0.05) is 44.0 Å². The van der Waals surface area contributed by atoms with E-state index in [-0.39, 0.29) is 10.6 Å². The van der Waals surface area contributed by atoms with Gasteiger partial charge in [-0.25, -0.2) is 4.39 Å². The zero-order valence-corrected chi connectivity index (χ0v) is 14.5. The van der Waals surface area contributed by atoms with Gasteiger partial charge in [0, 0.05) is 4.47 Å². The lowest BCUT2D eigenvalue weighted by Gasteiger charge is -2.15. The summed E-state index contributed by atoms with van der Waals surface area (Å²) in [4.78, 5) is -0.0676. The van der Waals surface area contributed by atoms with Crippen LogP contribution in [0.2, 0.25) is 0 Å². The van der Waals surface area contributed by atoms with Crippen LogP contribution < -0.4 is 4.74 Å². The number of ether oxygens (including phenoxy) is 1. The van der Waals surface area contributed by atoms with E-state index in [9.17, 15) is 4.39 Å². The molecule has 0 saturated heterocycles. The molecule has 0 aliphatic carbocycles. The molecule has 0 aromatic heterocycles. The Bertz CT molecular complexity index is 593. The summed E-state index contributed by atoms with van der Waals surface area (Å²) in [6, 6.07) is 10.9. The fraction of sp³-hybridized carbons (Fsp3) is 0.250. The van der Waals surface area contributed by atoms with Crippen molar-refractivity contribution in [3.05, 3.63) is 63.4 Å². The van der Waals surface area contributed by atoms with E-state index in [0.29, 0.717) is 6.61 Å². The maximum Gasteiger partial charge on any atom is 0.123 e. The molecule has 0 fully saturated rings. The lowest BCUT2D eigenvalue weighted by molar-refractivity contribution is 0.340.